The Morgan fingerprint density at radius 2 is 1.20 bits per heavy atom. The Bertz CT molecular complexity index is 661. The van der Waals surface area contributed by atoms with E-state index in [9.17, 15) is 0 Å². The lowest BCUT2D eigenvalue weighted by Gasteiger charge is -2.10. The number of hydrogen-bond donors (Lipinski definition) is 0. The van der Waals surface area contributed by atoms with Crippen molar-refractivity contribution in [1.82, 2.24) is 0 Å². The first-order valence-corrected chi connectivity index (χ1v) is 6.51. The molecule has 2 aromatic carbocycles. The average Bonchev–Trinajstić information content (AvgIpc) is 2.53. The summed E-state index contributed by atoms with van der Waals surface area (Å²) in [4.78, 5) is 0. The predicted octanol–water partition coefficient (Wildman–Crippen LogP) is 5.93. The molecule has 0 aliphatic carbocycles. The van der Waals surface area contributed by atoms with Crippen LogP contribution in [-0.4, -0.2) is 0 Å². The topological polar surface area (TPSA) is 0 Å². The zero-order valence-electron chi connectivity index (χ0n) is 11.6. The van der Waals surface area contributed by atoms with Gasteiger partial charge < -0.3 is 0 Å². The molecule has 0 saturated heterocycles. The summed E-state index contributed by atoms with van der Waals surface area (Å²) >= 11 is 0. The van der Waals surface area contributed by atoms with Crippen LogP contribution in [0.25, 0.3) is 35.4 Å². The maximum atomic E-state index is 3.89. The van der Waals surface area contributed by atoms with Gasteiger partial charge in [0.1, 0.15) is 0 Å². The molecular formula is C20H18. The first kappa shape index (κ1) is 13.8. The van der Waals surface area contributed by atoms with Crippen LogP contribution in [0.2, 0.25) is 0 Å². The Hall–Kier alpha value is -2.60. The SMILES string of the molecule is C=Cc1cc(C=C)cc(-c2cc(C=C)ccc2C=C)c1. The lowest BCUT2D eigenvalue weighted by Crippen LogP contribution is -1.87. The van der Waals surface area contributed by atoms with E-state index < -0.39 is 0 Å². The summed E-state index contributed by atoms with van der Waals surface area (Å²) in [6, 6.07) is 12.5. The molecule has 0 radical (unpaired) electrons. The Morgan fingerprint density at radius 3 is 1.70 bits per heavy atom. The van der Waals surface area contributed by atoms with Gasteiger partial charge in [-0.25, -0.2) is 0 Å². The molecule has 0 atom stereocenters. The number of hydrogen-bond acceptors (Lipinski definition) is 0. The summed E-state index contributed by atoms with van der Waals surface area (Å²) < 4.78 is 0. The molecule has 0 heterocycles. The zero-order valence-corrected chi connectivity index (χ0v) is 11.6. The Kier molecular flexibility index (Phi) is 4.17. The van der Waals surface area contributed by atoms with E-state index >= 15 is 0 Å². The van der Waals surface area contributed by atoms with Gasteiger partial charge in [0.25, 0.3) is 0 Å². The summed E-state index contributed by atoms with van der Waals surface area (Å²) in [6.07, 6.45) is 7.42. The van der Waals surface area contributed by atoms with Crippen molar-refractivity contribution in [2.75, 3.05) is 0 Å². The monoisotopic (exact) mass is 258 g/mol. The van der Waals surface area contributed by atoms with E-state index in [1.54, 1.807) is 0 Å². The highest BCUT2D eigenvalue weighted by Gasteiger charge is 2.05. The molecule has 0 heteroatoms. The second-order valence-corrected chi connectivity index (χ2v) is 4.55. The van der Waals surface area contributed by atoms with Gasteiger partial charge >= 0.3 is 0 Å². The summed E-state index contributed by atoms with van der Waals surface area (Å²) in [5, 5.41) is 0. The minimum atomic E-state index is 1.08. The molecule has 0 unspecified atom stereocenters. The van der Waals surface area contributed by atoms with Crippen LogP contribution >= 0.6 is 0 Å². The molecule has 0 bridgehead atoms. The van der Waals surface area contributed by atoms with Crippen molar-refractivity contribution in [2.45, 2.75) is 0 Å². The largest absolute Gasteiger partial charge is 0.0985 e. The molecule has 0 spiro atoms. The van der Waals surface area contributed by atoms with Gasteiger partial charge in [-0.05, 0) is 57.6 Å². The molecule has 2 aromatic rings. The minimum absolute atomic E-state index is 1.08. The number of rotatable bonds is 5. The predicted molar refractivity (Wildman–Crippen MR) is 92.2 cm³/mol. The van der Waals surface area contributed by atoms with E-state index in [0.717, 1.165) is 33.4 Å². The Morgan fingerprint density at radius 1 is 0.600 bits per heavy atom. The van der Waals surface area contributed by atoms with E-state index in [1.807, 2.05) is 30.4 Å². The standard InChI is InChI=1S/C20H18/c1-5-15-9-10-18(8-4)20(14-15)19-12-16(6-2)11-17(7-3)13-19/h5-14H,1-4H2. The van der Waals surface area contributed by atoms with Crippen LogP contribution in [0.4, 0.5) is 0 Å². The van der Waals surface area contributed by atoms with Crippen molar-refractivity contribution in [1.29, 1.82) is 0 Å². The van der Waals surface area contributed by atoms with E-state index in [2.05, 4.69) is 56.6 Å². The summed E-state index contributed by atoms with van der Waals surface area (Å²) in [5.74, 6) is 0. The van der Waals surface area contributed by atoms with Crippen molar-refractivity contribution in [3.63, 3.8) is 0 Å². The van der Waals surface area contributed by atoms with Gasteiger partial charge in [0.2, 0.25) is 0 Å². The molecule has 0 fully saturated rings. The fraction of sp³-hybridized carbons (Fsp3) is 0. The van der Waals surface area contributed by atoms with Crippen LogP contribution in [0.5, 0.6) is 0 Å². The van der Waals surface area contributed by atoms with Crippen LogP contribution in [0.1, 0.15) is 22.3 Å². The molecule has 2 rings (SSSR count). The highest BCUT2D eigenvalue weighted by Crippen LogP contribution is 2.29. The Labute approximate surface area is 121 Å². The lowest BCUT2D eigenvalue weighted by molar-refractivity contribution is 1.55. The van der Waals surface area contributed by atoms with Crippen molar-refractivity contribution < 1.29 is 0 Å². The minimum Gasteiger partial charge on any atom is -0.0985 e. The van der Waals surface area contributed by atoms with Gasteiger partial charge in [0.15, 0.2) is 0 Å². The quantitative estimate of drug-likeness (QED) is 0.624. The first-order chi connectivity index (χ1) is 9.71. The van der Waals surface area contributed by atoms with E-state index in [0.29, 0.717) is 0 Å². The molecule has 0 N–H and O–H groups in total. The summed E-state index contributed by atoms with van der Waals surface area (Å²) in [5.41, 5.74) is 6.63. The van der Waals surface area contributed by atoms with Crippen molar-refractivity contribution in [3.8, 4) is 11.1 Å². The molecule has 20 heavy (non-hydrogen) atoms. The lowest BCUT2D eigenvalue weighted by atomic mass is 9.94. The average molecular weight is 258 g/mol. The third kappa shape index (κ3) is 2.70. The molecule has 0 nitrogen and oxygen atoms in total. The third-order valence-electron chi connectivity index (χ3n) is 3.29. The molecule has 0 aromatic heterocycles. The van der Waals surface area contributed by atoms with Gasteiger partial charge in [-0.1, -0.05) is 62.8 Å². The van der Waals surface area contributed by atoms with Crippen LogP contribution in [0.15, 0.2) is 62.7 Å². The van der Waals surface area contributed by atoms with Crippen molar-refractivity contribution in [3.05, 3.63) is 85.0 Å². The molecule has 0 amide bonds. The van der Waals surface area contributed by atoms with Gasteiger partial charge in [0.05, 0.1) is 0 Å². The molecule has 0 aliphatic heterocycles. The third-order valence-corrected chi connectivity index (χ3v) is 3.29. The molecule has 0 aliphatic rings. The normalized spacial score (nSPS) is 9.80. The molecule has 0 saturated carbocycles. The van der Waals surface area contributed by atoms with Crippen molar-refractivity contribution in [2.24, 2.45) is 0 Å². The zero-order chi connectivity index (χ0) is 14.5. The smallest absolute Gasteiger partial charge is 0.0105 e. The van der Waals surface area contributed by atoms with Crippen LogP contribution in [0.3, 0.4) is 0 Å². The van der Waals surface area contributed by atoms with Gasteiger partial charge in [-0.15, -0.1) is 0 Å². The second-order valence-electron chi connectivity index (χ2n) is 4.55. The van der Waals surface area contributed by atoms with Crippen LogP contribution < -0.4 is 0 Å². The summed E-state index contributed by atoms with van der Waals surface area (Å²) in [6.45, 7) is 15.4. The summed E-state index contributed by atoms with van der Waals surface area (Å²) in [7, 11) is 0. The van der Waals surface area contributed by atoms with E-state index in [-0.39, 0.29) is 0 Å². The van der Waals surface area contributed by atoms with E-state index in [4.69, 9.17) is 0 Å². The molecule has 98 valence electrons. The van der Waals surface area contributed by atoms with Gasteiger partial charge in [-0.2, -0.15) is 0 Å². The van der Waals surface area contributed by atoms with E-state index in [1.165, 1.54) is 0 Å². The first-order valence-electron chi connectivity index (χ1n) is 6.51. The fourth-order valence-corrected chi connectivity index (χ4v) is 2.20. The van der Waals surface area contributed by atoms with Crippen LogP contribution in [-0.2, 0) is 0 Å². The highest BCUT2D eigenvalue weighted by atomic mass is 14.1. The maximum Gasteiger partial charge on any atom is -0.0105 e. The second kappa shape index (κ2) is 6.03. The molecular weight excluding hydrogens is 240 g/mol. The maximum absolute atomic E-state index is 3.89. The number of benzene rings is 2. The Balaban J connectivity index is 2.71. The van der Waals surface area contributed by atoms with Gasteiger partial charge in [0, 0.05) is 0 Å². The van der Waals surface area contributed by atoms with Crippen molar-refractivity contribution >= 4 is 24.3 Å². The highest BCUT2D eigenvalue weighted by molar-refractivity contribution is 5.80. The van der Waals surface area contributed by atoms with Gasteiger partial charge in [-0.3, -0.25) is 0 Å². The fourth-order valence-electron chi connectivity index (χ4n) is 2.20. The van der Waals surface area contributed by atoms with Crippen LogP contribution in [0, 0.1) is 0 Å².